The fraction of sp³-hybridized carbons (Fsp3) is 0.500. The van der Waals surface area contributed by atoms with Crippen LogP contribution in [-0.2, 0) is 11.3 Å². The van der Waals surface area contributed by atoms with E-state index in [9.17, 15) is 0 Å². The van der Waals surface area contributed by atoms with Gasteiger partial charge in [-0.05, 0) is 22.0 Å². The number of hydrogen-bond acceptors (Lipinski definition) is 4. The van der Waals surface area contributed by atoms with Crippen LogP contribution in [0.1, 0.15) is 5.56 Å². The Balaban J connectivity index is 2.74. The van der Waals surface area contributed by atoms with Crippen LogP contribution in [0.4, 0.5) is 0 Å². The quantitative estimate of drug-likeness (QED) is 0.784. The molecule has 0 saturated carbocycles. The lowest BCUT2D eigenvalue weighted by Gasteiger charge is -2.13. The molecule has 0 aliphatic carbocycles. The van der Waals surface area contributed by atoms with E-state index in [1.54, 1.807) is 21.3 Å². The first kappa shape index (κ1) is 14.3. The van der Waals surface area contributed by atoms with Gasteiger partial charge in [-0.15, -0.1) is 0 Å². The molecule has 0 fully saturated rings. The third-order valence-electron chi connectivity index (χ3n) is 2.37. The van der Waals surface area contributed by atoms with Crippen LogP contribution in [0.3, 0.4) is 0 Å². The minimum atomic E-state index is 0.694. The summed E-state index contributed by atoms with van der Waals surface area (Å²) in [6.45, 7) is 2.23. The summed E-state index contributed by atoms with van der Waals surface area (Å²) in [6, 6.07) is 3.90. The van der Waals surface area contributed by atoms with Gasteiger partial charge in [0.05, 0.1) is 20.8 Å². The van der Waals surface area contributed by atoms with E-state index in [1.165, 1.54) is 0 Å². The zero-order valence-electron chi connectivity index (χ0n) is 10.4. The maximum Gasteiger partial charge on any atom is 0.141 e. The molecule has 0 aromatic heterocycles. The first-order valence-corrected chi connectivity index (χ1v) is 6.12. The lowest BCUT2D eigenvalue weighted by molar-refractivity contribution is 0.199. The van der Waals surface area contributed by atoms with Crippen LogP contribution < -0.4 is 14.8 Å². The molecule has 1 rings (SSSR count). The Bertz CT molecular complexity index is 358. The minimum Gasteiger partial charge on any atom is -0.495 e. The topological polar surface area (TPSA) is 39.7 Å². The summed E-state index contributed by atoms with van der Waals surface area (Å²) >= 11 is 3.47. The summed E-state index contributed by atoms with van der Waals surface area (Å²) < 4.78 is 16.4. The van der Waals surface area contributed by atoms with Gasteiger partial charge in [0.25, 0.3) is 0 Å². The zero-order valence-corrected chi connectivity index (χ0v) is 12.0. The molecule has 0 aliphatic heterocycles. The molecule has 0 bridgehead atoms. The van der Waals surface area contributed by atoms with Crippen molar-refractivity contribution in [1.29, 1.82) is 0 Å². The smallest absolute Gasteiger partial charge is 0.141 e. The molecule has 0 radical (unpaired) electrons. The van der Waals surface area contributed by atoms with E-state index in [4.69, 9.17) is 14.2 Å². The highest BCUT2D eigenvalue weighted by molar-refractivity contribution is 9.10. The van der Waals surface area contributed by atoms with Crippen molar-refractivity contribution in [2.24, 2.45) is 0 Å². The highest BCUT2D eigenvalue weighted by atomic mass is 79.9. The Kier molecular flexibility index (Phi) is 6.32. The van der Waals surface area contributed by atoms with Crippen molar-refractivity contribution in [3.8, 4) is 11.5 Å². The molecule has 5 heteroatoms. The fourth-order valence-electron chi connectivity index (χ4n) is 1.49. The third-order valence-corrected chi connectivity index (χ3v) is 3.12. The lowest BCUT2D eigenvalue weighted by Crippen LogP contribution is -2.19. The molecule has 1 aromatic rings. The Morgan fingerprint density at radius 3 is 2.53 bits per heavy atom. The van der Waals surface area contributed by atoms with E-state index in [0.717, 1.165) is 34.6 Å². The molecule has 4 nitrogen and oxygen atoms in total. The largest absolute Gasteiger partial charge is 0.495 e. The van der Waals surface area contributed by atoms with Gasteiger partial charge in [-0.1, -0.05) is 6.07 Å². The SMILES string of the molecule is COCCNCc1ccc(OC)c(Br)c1OC. The second-order valence-corrected chi connectivity index (χ2v) is 4.24. The molecular formula is C12H18BrNO3. The van der Waals surface area contributed by atoms with Crippen molar-refractivity contribution in [3.05, 3.63) is 22.2 Å². The Labute approximate surface area is 110 Å². The molecule has 1 aromatic carbocycles. The molecule has 96 valence electrons. The van der Waals surface area contributed by atoms with Gasteiger partial charge in [-0.3, -0.25) is 0 Å². The summed E-state index contributed by atoms with van der Waals surface area (Å²) in [6.07, 6.45) is 0. The highest BCUT2D eigenvalue weighted by Crippen LogP contribution is 2.36. The fourth-order valence-corrected chi connectivity index (χ4v) is 2.20. The average Bonchev–Trinajstić information content (AvgIpc) is 2.35. The number of hydrogen-bond donors (Lipinski definition) is 1. The van der Waals surface area contributed by atoms with Gasteiger partial charge < -0.3 is 19.5 Å². The Morgan fingerprint density at radius 1 is 1.18 bits per heavy atom. The number of ether oxygens (including phenoxy) is 3. The molecule has 0 unspecified atom stereocenters. The summed E-state index contributed by atoms with van der Waals surface area (Å²) in [7, 11) is 4.97. The van der Waals surface area contributed by atoms with Crippen molar-refractivity contribution in [3.63, 3.8) is 0 Å². The number of halogens is 1. The molecule has 0 atom stereocenters. The molecule has 0 aliphatic rings. The van der Waals surface area contributed by atoms with E-state index < -0.39 is 0 Å². The van der Waals surface area contributed by atoms with Crippen molar-refractivity contribution >= 4 is 15.9 Å². The predicted octanol–water partition coefficient (Wildman–Crippen LogP) is 2.20. The number of nitrogens with one attached hydrogen (secondary N) is 1. The Morgan fingerprint density at radius 2 is 1.94 bits per heavy atom. The van der Waals surface area contributed by atoms with Crippen LogP contribution in [0.15, 0.2) is 16.6 Å². The van der Waals surface area contributed by atoms with E-state index in [1.807, 2.05) is 12.1 Å². The third kappa shape index (κ3) is 3.87. The van der Waals surface area contributed by atoms with Gasteiger partial charge in [0.2, 0.25) is 0 Å². The normalized spacial score (nSPS) is 10.4. The van der Waals surface area contributed by atoms with Crippen LogP contribution in [0.5, 0.6) is 11.5 Å². The van der Waals surface area contributed by atoms with Gasteiger partial charge in [-0.2, -0.15) is 0 Å². The highest BCUT2D eigenvalue weighted by Gasteiger charge is 2.11. The van der Waals surface area contributed by atoms with E-state index in [2.05, 4.69) is 21.2 Å². The van der Waals surface area contributed by atoms with Gasteiger partial charge >= 0.3 is 0 Å². The molecular weight excluding hydrogens is 286 g/mol. The van der Waals surface area contributed by atoms with Gasteiger partial charge in [0.15, 0.2) is 0 Å². The standard InChI is InChI=1S/C12H18BrNO3/c1-15-7-6-14-8-9-4-5-10(16-2)11(13)12(9)17-3/h4-5,14H,6-8H2,1-3H3. The molecule has 0 amide bonds. The first-order chi connectivity index (χ1) is 8.24. The van der Waals surface area contributed by atoms with Crippen LogP contribution >= 0.6 is 15.9 Å². The summed E-state index contributed by atoms with van der Waals surface area (Å²) in [5, 5.41) is 3.28. The molecule has 0 heterocycles. The van der Waals surface area contributed by atoms with Crippen LogP contribution in [0, 0.1) is 0 Å². The molecule has 0 saturated heterocycles. The zero-order chi connectivity index (χ0) is 12.7. The lowest BCUT2D eigenvalue weighted by atomic mass is 10.2. The van der Waals surface area contributed by atoms with Crippen LogP contribution in [0.25, 0.3) is 0 Å². The summed E-state index contributed by atoms with van der Waals surface area (Å²) in [5.74, 6) is 1.57. The summed E-state index contributed by atoms with van der Waals surface area (Å²) in [5.41, 5.74) is 1.08. The van der Waals surface area contributed by atoms with E-state index >= 15 is 0 Å². The monoisotopic (exact) mass is 303 g/mol. The minimum absolute atomic E-state index is 0.694. The maximum absolute atomic E-state index is 5.38. The second kappa shape index (κ2) is 7.53. The van der Waals surface area contributed by atoms with Crippen LogP contribution in [-0.4, -0.2) is 34.5 Å². The molecule has 17 heavy (non-hydrogen) atoms. The molecule has 0 spiro atoms. The van der Waals surface area contributed by atoms with Gasteiger partial charge in [0, 0.05) is 25.8 Å². The Hall–Kier alpha value is -0.780. The van der Waals surface area contributed by atoms with Gasteiger partial charge in [0.1, 0.15) is 16.0 Å². The maximum atomic E-state index is 5.38. The average molecular weight is 304 g/mol. The van der Waals surface area contributed by atoms with Crippen LogP contribution in [0.2, 0.25) is 0 Å². The predicted molar refractivity (Wildman–Crippen MR) is 70.8 cm³/mol. The van der Waals surface area contributed by atoms with E-state index in [0.29, 0.717) is 6.61 Å². The van der Waals surface area contributed by atoms with Crippen molar-refractivity contribution in [2.45, 2.75) is 6.54 Å². The second-order valence-electron chi connectivity index (χ2n) is 3.44. The first-order valence-electron chi connectivity index (χ1n) is 5.33. The van der Waals surface area contributed by atoms with Crippen molar-refractivity contribution < 1.29 is 14.2 Å². The molecule has 1 N–H and O–H groups in total. The van der Waals surface area contributed by atoms with E-state index in [-0.39, 0.29) is 0 Å². The number of benzene rings is 1. The summed E-state index contributed by atoms with van der Waals surface area (Å²) in [4.78, 5) is 0. The van der Waals surface area contributed by atoms with Gasteiger partial charge in [-0.25, -0.2) is 0 Å². The number of rotatable bonds is 7. The number of methoxy groups -OCH3 is 3. The van der Waals surface area contributed by atoms with Crippen molar-refractivity contribution in [2.75, 3.05) is 34.5 Å². The van der Waals surface area contributed by atoms with Crippen molar-refractivity contribution in [1.82, 2.24) is 5.32 Å².